The maximum atomic E-state index is 12.1. The fourth-order valence-corrected chi connectivity index (χ4v) is 3.03. The molecule has 1 N–H and O–H groups in total. The quantitative estimate of drug-likeness (QED) is 0.400. The Morgan fingerprint density at radius 2 is 1.94 bits per heavy atom. The molecule has 0 aliphatic carbocycles. The first kappa shape index (κ1) is 16.8. The third-order valence-electron chi connectivity index (χ3n) is 1.84. The molecule has 0 bridgehead atoms. The first-order chi connectivity index (χ1) is 7.91. The summed E-state index contributed by atoms with van der Waals surface area (Å²) in [6.07, 6.45) is -0.0734. The molecule has 0 rings (SSSR count). The standard InChI is InChI=1S/C10H18ClO5P/c1-4-8(12)7-9(13)10(11)17(14,15-5-2)16-6-3/h4,8,10,12H,1,5-7H2,2-3H3/t8-,10?/m0/s1. The Bertz CT molecular complexity index is 297. The Balaban J connectivity index is 4.71. The summed E-state index contributed by atoms with van der Waals surface area (Å²) in [6, 6.07) is 0. The topological polar surface area (TPSA) is 72.8 Å². The van der Waals surface area contributed by atoms with Gasteiger partial charge in [0.2, 0.25) is 0 Å². The number of carbonyl (C=O) groups is 1. The van der Waals surface area contributed by atoms with Crippen LogP contribution in [0.4, 0.5) is 0 Å². The molecule has 100 valence electrons. The van der Waals surface area contributed by atoms with Crippen molar-refractivity contribution in [3.05, 3.63) is 12.7 Å². The van der Waals surface area contributed by atoms with E-state index in [0.717, 1.165) is 0 Å². The minimum Gasteiger partial charge on any atom is -0.389 e. The molecule has 0 aliphatic rings. The Kier molecular flexibility index (Phi) is 7.92. The second-order valence-corrected chi connectivity index (χ2v) is 6.04. The fraction of sp³-hybridized carbons (Fsp3) is 0.700. The van der Waals surface area contributed by atoms with E-state index in [1.165, 1.54) is 6.08 Å². The molecule has 0 amide bonds. The average molecular weight is 285 g/mol. The van der Waals surface area contributed by atoms with Crippen LogP contribution in [0.5, 0.6) is 0 Å². The number of halogens is 1. The third-order valence-corrected chi connectivity index (χ3v) is 4.88. The monoisotopic (exact) mass is 284 g/mol. The van der Waals surface area contributed by atoms with Crippen molar-refractivity contribution in [2.24, 2.45) is 0 Å². The van der Waals surface area contributed by atoms with Gasteiger partial charge in [0.05, 0.1) is 19.3 Å². The zero-order valence-electron chi connectivity index (χ0n) is 9.97. The van der Waals surface area contributed by atoms with Crippen LogP contribution in [0.25, 0.3) is 0 Å². The van der Waals surface area contributed by atoms with Crippen LogP contribution >= 0.6 is 19.2 Å². The van der Waals surface area contributed by atoms with Crippen LogP contribution in [0, 0.1) is 0 Å². The summed E-state index contributed by atoms with van der Waals surface area (Å²) in [5, 5.41) is 7.83. The molecule has 0 aromatic rings. The smallest absolute Gasteiger partial charge is 0.355 e. The zero-order valence-corrected chi connectivity index (χ0v) is 11.6. The number of rotatable bonds is 9. The molecule has 0 aromatic heterocycles. The first-order valence-electron chi connectivity index (χ1n) is 5.27. The van der Waals surface area contributed by atoms with E-state index < -0.39 is 24.6 Å². The van der Waals surface area contributed by atoms with Crippen LogP contribution in [-0.4, -0.2) is 35.3 Å². The number of aliphatic hydroxyl groups is 1. The van der Waals surface area contributed by atoms with Crippen molar-refractivity contribution in [3.8, 4) is 0 Å². The minimum absolute atomic E-state index is 0.123. The van der Waals surface area contributed by atoms with Gasteiger partial charge in [-0.25, -0.2) is 0 Å². The predicted octanol–water partition coefficient (Wildman–Crippen LogP) is 2.32. The van der Waals surface area contributed by atoms with E-state index in [2.05, 4.69) is 6.58 Å². The molecule has 5 nitrogen and oxygen atoms in total. The van der Waals surface area contributed by atoms with Crippen molar-refractivity contribution >= 4 is 25.0 Å². The molecule has 0 saturated carbocycles. The van der Waals surface area contributed by atoms with E-state index in [4.69, 9.17) is 20.6 Å². The van der Waals surface area contributed by atoms with Crippen molar-refractivity contribution in [1.29, 1.82) is 0 Å². The second kappa shape index (κ2) is 8.01. The highest BCUT2D eigenvalue weighted by atomic mass is 35.5. The molecule has 0 fully saturated rings. The van der Waals surface area contributed by atoms with Crippen LogP contribution in [-0.2, 0) is 18.4 Å². The van der Waals surface area contributed by atoms with E-state index in [1.807, 2.05) is 0 Å². The van der Waals surface area contributed by atoms with Crippen molar-refractivity contribution in [2.45, 2.75) is 31.5 Å². The lowest BCUT2D eigenvalue weighted by Crippen LogP contribution is -2.22. The van der Waals surface area contributed by atoms with E-state index >= 15 is 0 Å². The van der Waals surface area contributed by atoms with Gasteiger partial charge in [0.15, 0.2) is 10.9 Å². The lowest BCUT2D eigenvalue weighted by molar-refractivity contribution is -0.119. The van der Waals surface area contributed by atoms with E-state index in [1.54, 1.807) is 13.8 Å². The number of carbonyl (C=O) groups excluding carboxylic acids is 1. The van der Waals surface area contributed by atoms with Crippen molar-refractivity contribution in [2.75, 3.05) is 13.2 Å². The highest BCUT2D eigenvalue weighted by Gasteiger charge is 2.39. The SMILES string of the molecule is C=C[C@H](O)CC(=O)C(Cl)P(=O)(OCC)OCC. The maximum absolute atomic E-state index is 12.1. The molecule has 7 heteroatoms. The summed E-state index contributed by atoms with van der Waals surface area (Å²) in [7, 11) is -3.66. The van der Waals surface area contributed by atoms with Gasteiger partial charge >= 0.3 is 7.60 Å². The largest absolute Gasteiger partial charge is 0.389 e. The Hall–Kier alpha value is -0.190. The summed E-state index contributed by atoms with van der Waals surface area (Å²) >= 11 is 5.79. The van der Waals surface area contributed by atoms with Crippen LogP contribution in [0.2, 0.25) is 0 Å². The molecule has 0 radical (unpaired) electrons. The number of hydrogen-bond donors (Lipinski definition) is 1. The zero-order chi connectivity index (χ0) is 13.5. The highest BCUT2D eigenvalue weighted by molar-refractivity contribution is 7.57. The Labute approximate surface area is 106 Å². The molecule has 2 atom stereocenters. The van der Waals surface area contributed by atoms with Crippen LogP contribution in [0.15, 0.2) is 12.7 Å². The highest BCUT2D eigenvalue weighted by Crippen LogP contribution is 2.55. The Morgan fingerprint density at radius 1 is 1.47 bits per heavy atom. The third kappa shape index (κ3) is 5.32. The van der Waals surface area contributed by atoms with Gasteiger partial charge in [-0.1, -0.05) is 6.08 Å². The van der Waals surface area contributed by atoms with Crippen LogP contribution in [0.3, 0.4) is 0 Å². The number of Topliss-reactive ketones (excluding diaryl/α,β-unsaturated/α-hetero) is 1. The van der Waals surface area contributed by atoms with Crippen LogP contribution < -0.4 is 0 Å². The average Bonchev–Trinajstić information content (AvgIpc) is 2.28. The number of alkyl halides is 1. The summed E-state index contributed by atoms with van der Waals surface area (Å²) in [5.41, 5.74) is 0. The molecule has 0 heterocycles. The molecule has 0 aliphatic heterocycles. The first-order valence-corrected chi connectivity index (χ1v) is 7.32. The normalized spacial score (nSPS) is 15.3. The van der Waals surface area contributed by atoms with Crippen LogP contribution in [0.1, 0.15) is 20.3 Å². The summed E-state index contributed by atoms with van der Waals surface area (Å²) in [5.74, 6) is -0.593. The number of aliphatic hydroxyl groups excluding tert-OH is 1. The lowest BCUT2D eigenvalue weighted by atomic mass is 10.2. The lowest BCUT2D eigenvalue weighted by Gasteiger charge is -2.21. The summed E-state index contributed by atoms with van der Waals surface area (Å²) < 4.78 is 22.0. The summed E-state index contributed by atoms with van der Waals surface area (Å²) in [6.45, 7) is 6.82. The van der Waals surface area contributed by atoms with E-state index in [9.17, 15) is 14.5 Å². The molecule has 0 spiro atoms. The van der Waals surface area contributed by atoms with Gasteiger partial charge in [0, 0.05) is 6.42 Å². The molecule has 0 saturated heterocycles. The van der Waals surface area contributed by atoms with Gasteiger partial charge < -0.3 is 14.2 Å². The molecule has 17 heavy (non-hydrogen) atoms. The fourth-order valence-electron chi connectivity index (χ4n) is 1.09. The van der Waals surface area contributed by atoms with Gasteiger partial charge in [-0.2, -0.15) is 0 Å². The number of hydrogen-bond acceptors (Lipinski definition) is 5. The summed E-state index contributed by atoms with van der Waals surface area (Å²) in [4.78, 5) is 11.6. The van der Waals surface area contributed by atoms with Gasteiger partial charge in [0.25, 0.3) is 0 Å². The van der Waals surface area contributed by atoms with Gasteiger partial charge in [-0.05, 0) is 13.8 Å². The number of ketones is 1. The predicted molar refractivity (Wildman–Crippen MR) is 66.3 cm³/mol. The van der Waals surface area contributed by atoms with E-state index in [0.29, 0.717) is 0 Å². The molecule has 0 aromatic carbocycles. The second-order valence-electron chi connectivity index (χ2n) is 3.18. The molecule has 1 unspecified atom stereocenters. The van der Waals surface area contributed by atoms with Crippen molar-refractivity contribution in [3.63, 3.8) is 0 Å². The Morgan fingerprint density at radius 3 is 2.29 bits per heavy atom. The molecular weight excluding hydrogens is 267 g/mol. The van der Waals surface area contributed by atoms with Crippen molar-refractivity contribution in [1.82, 2.24) is 0 Å². The molecular formula is C10H18ClO5P. The minimum atomic E-state index is -3.66. The van der Waals surface area contributed by atoms with Gasteiger partial charge in [0.1, 0.15) is 0 Å². The van der Waals surface area contributed by atoms with Crippen molar-refractivity contribution < 1.29 is 23.5 Å². The van der Waals surface area contributed by atoms with Gasteiger partial charge in [-0.3, -0.25) is 9.36 Å². The van der Waals surface area contributed by atoms with E-state index in [-0.39, 0.29) is 19.6 Å². The van der Waals surface area contributed by atoms with Gasteiger partial charge in [-0.15, -0.1) is 18.2 Å². The maximum Gasteiger partial charge on any atom is 0.355 e.